The molecule has 0 heterocycles. The Labute approximate surface area is 132 Å². The normalized spacial score (nSPS) is 10.0. The number of hydrogen-bond acceptors (Lipinski definition) is 4. The number of anilines is 2. The van der Waals surface area contributed by atoms with Crippen LogP contribution in [0.25, 0.3) is 0 Å². The van der Waals surface area contributed by atoms with Crippen LogP contribution in [0.4, 0.5) is 17.1 Å². The summed E-state index contributed by atoms with van der Waals surface area (Å²) >= 11 is 0. The van der Waals surface area contributed by atoms with Gasteiger partial charge in [-0.1, -0.05) is 6.07 Å². The largest absolute Gasteiger partial charge is 0.326 e. The Kier molecular flexibility index (Phi) is 4.70. The second-order valence-electron chi connectivity index (χ2n) is 4.97. The average Bonchev–Trinajstić information content (AvgIpc) is 2.49. The summed E-state index contributed by atoms with van der Waals surface area (Å²) in [5.41, 5.74) is 1.78. The van der Waals surface area contributed by atoms with Gasteiger partial charge in [0.2, 0.25) is 5.91 Å². The Morgan fingerprint density at radius 1 is 1.00 bits per heavy atom. The fraction of sp³-hybridized carbons (Fsp3) is 0.125. The van der Waals surface area contributed by atoms with Gasteiger partial charge in [-0.05, 0) is 37.3 Å². The molecule has 0 aliphatic heterocycles. The Balaban J connectivity index is 2.14. The second-order valence-corrected chi connectivity index (χ2v) is 4.97. The third kappa shape index (κ3) is 4.13. The first kappa shape index (κ1) is 16.2. The van der Waals surface area contributed by atoms with Crippen LogP contribution in [0.3, 0.4) is 0 Å². The molecule has 118 valence electrons. The van der Waals surface area contributed by atoms with Gasteiger partial charge in [0.15, 0.2) is 0 Å². The van der Waals surface area contributed by atoms with E-state index in [1.54, 1.807) is 43.3 Å². The lowest BCUT2D eigenvalue weighted by molar-refractivity contribution is -0.385. The lowest BCUT2D eigenvalue weighted by atomic mass is 10.1. The van der Waals surface area contributed by atoms with Crippen molar-refractivity contribution in [2.45, 2.75) is 13.8 Å². The second kappa shape index (κ2) is 6.69. The predicted octanol–water partition coefficient (Wildman–Crippen LogP) is 3.11. The van der Waals surface area contributed by atoms with Crippen LogP contribution in [0.1, 0.15) is 22.8 Å². The summed E-state index contributed by atoms with van der Waals surface area (Å²) in [6.45, 7) is 3.02. The molecule has 0 atom stereocenters. The van der Waals surface area contributed by atoms with Crippen molar-refractivity contribution in [3.05, 3.63) is 63.7 Å². The van der Waals surface area contributed by atoms with Crippen molar-refractivity contribution in [3.63, 3.8) is 0 Å². The van der Waals surface area contributed by atoms with Crippen molar-refractivity contribution in [3.8, 4) is 0 Å². The molecule has 0 saturated carbocycles. The van der Waals surface area contributed by atoms with Crippen LogP contribution in [0, 0.1) is 17.0 Å². The Morgan fingerprint density at radius 3 is 2.17 bits per heavy atom. The molecule has 2 amide bonds. The molecule has 7 heteroatoms. The first-order chi connectivity index (χ1) is 10.9. The molecule has 0 unspecified atom stereocenters. The topological polar surface area (TPSA) is 101 Å². The number of nitro benzene ring substituents is 1. The number of nitro groups is 1. The molecule has 0 aliphatic rings. The molecule has 7 nitrogen and oxygen atoms in total. The maximum atomic E-state index is 12.1. The highest BCUT2D eigenvalue weighted by Crippen LogP contribution is 2.22. The van der Waals surface area contributed by atoms with Crippen molar-refractivity contribution in [2.24, 2.45) is 0 Å². The third-order valence-electron chi connectivity index (χ3n) is 3.13. The zero-order valence-electron chi connectivity index (χ0n) is 12.6. The highest BCUT2D eigenvalue weighted by molar-refractivity contribution is 6.04. The van der Waals surface area contributed by atoms with Gasteiger partial charge in [-0.2, -0.15) is 0 Å². The van der Waals surface area contributed by atoms with Crippen LogP contribution >= 0.6 is 0 Å². The molecule has 0 aromatic heterocycles. The van der Waals surface area contributed by atoms with Crippen LogP contribution in [0.5, 0.6) is 0 Å². The van der Waals surface area contributed by atoms with Crippen molar-refractivity contribution < 1.29 is 14.5 Å². The summed E-state index contributed by atoms with van der Waals surface area (Å²) in [4.78, 5) is 33.5. The molecular weight excluding hydrogens is 298 g/mol. The quantitative estimate of drug-likeness (QED) is 0.668. The highest BCUT2D eigenvalue weighted by atomic mass is 16.6. The standard InChI is InChI=1S/C16H15N3O4/c1-10-3-6-14(9-15(10)19(22)23)18-16(21)12-4-7-13(8-5-12)17-11(2)20/h3-9H,1-2H3,(H,17,20)(H,18,21). The number of benzene rings is 2. The van der Waals surface area contributed by atoms with Gasteiger partial charge in [0, 0.05) is 35.5 Å². The Hall–Kier alpha value is -3.22. The summed E-state index contributed by atoms with van der Waals surface area (Å²) in [5.74, 6) is -0.591. The van der Waals surface area contributed by atoms with E-state index in [0.29, 0.717) is 22.5 Å². The first-order valence-electron chi connectivity index (χ1n) is 6.81. The molecule has 0 spiro atoms. The van der Waals surface area contributed by atoms with E-state index in [1.165, 1.54) is 13.0 Å². The zero-order valence-corrected chi connectivity index (χ0v) is 12.6. The number of rotatable bonds is 4. The van der Waals surface area contributed by atoms with E-state index in [-0.39, 0.29) is 11.6 Å². The maximum Gasteiger partial charge on any atom is 0.274 e. The van der Waals surface area contributed by atoms with Crippen molar-refractivity contribution in [2.75, 3.05) is 10.6 Å². The summed E-state index contributed by atoms with van der Waals surface area (Å²) in [5, 5.41) is 16.1. The van der Waals surface area contributed by atoms with Gasteiger partial charge in [0.25, 0.3) is 11.6 Å². The number of nitrogens with one attached hydrogen (secondary N) is 2. The van der Waals surface area contributed by atoms with Crippen LogP contribution in [0.15, 0.2) is 42.5 Å². The zero-order chi connectivity index (χ0) is 17.0. The monoisotopic (exact) mass is 313 g/mol. The lowest BCUT2D eigenvalue weighted by Crippen LogP contribution is -2.12. The number of nitrogens with zero attached hydrogens (tertiary/aromatic N) is 1. The minimum Gasteiger partial charge on any atom is -0.326 e. The molecule has 0 bridgehead atoms. The Bertz CT molecular complexity index is 769. The fourth-order valence-corrected chi connectivity index (χ4v) is 2.00. The molecule has 2 rings (SSSR count). The lowest BCUT2D eigenvalue weighted by Gasteiger charge is -2.07. The SMILES string of the molecule is CC(=O)Nc1ccc(C(=O)Nc2ccc(C)c([N+](=O)[O-])c2)cc1. The minimum absolute atomic E-state index is 0.0520. The summed E-state index contributed by atoms with van der Waals surface area (Å²) in [7, 11) is 0. The molecule has 0 saturated heterocycles. The molecule has 0 radical (unpaired) electrons. The van der Waals surface area contributed by atoms with E-state index in [2.05, 4.69) is 10.6 Å². The van der Waals surface area contributed by atoms with Crippen LogP contribution < -0.4 is 10.6 Å². The molecule has 0 fully saturated rings. The number of carbonyl (C=O) groups excluding carboxylic acids is 2. The molecule has 2 N–H and O–H groups in total. The number of carbonyl (C=O) groups is 2. The molecule has 2 aromatic rings. The van der Waals surface area contributed by atoms with E-state index in [1.807, 2.05) is 0 Å². The molecule has 2 aromatic carbocycles. The summed E-state index contributed by atoms with van der Waals surface area (Å²) < 4.78 is 0. The van der Waals surface area contributed by atoms with Crippen LogP contribution in [0.2, 0.25) is 0 Å². The molecule has 23 heavy (non-hydrogen) atoms. The van der Waals surface area contributed by atoms with Crippen LogP contribution in [-0.4, -0.2) is 16.7 Å². The molecular formula is C16H15N3O4. The predicted molar refractivity (Wildman–Crippen MR) is 86.5 cm³/mol. The van der Waals surface area contributed by atoms with Gasteiger partial charge in [-0.25, -0.2) is 0 Å². The van der Waals surface area contributed by atoms with Gasteiger partial charge in [0.05, 0.1) is 4.92 Å². The number of hydrogen-bond donors (Lipinski definition) is 2. The maximum absolute atomic E-state index is 12.1. The van der Waals surface area contributed by atoms with E-state index in [0.717, 1.165) is 0 Å². The van der Waals surface area contributed by atoms with E-state index in [9.17, 15) is 19.7 Å². The smallest absolute Gasteiger partial charge is 0.274 e. The first-order valence-corrected chi connectivity index (χ1v) is 6.81. The van der Waals surface area contributed by atoms with Gasteiger partial charge >= 0.3 is 0 Å². The van der Waals surface area contributed by atoms with Crippen molar-refractivity contribution in [1.82, 2.24) is 0 Å². The minimum atomic E-state index is -0.493. The highest BCUT2D eigenvalue weighted by Gasteiger charge is 2.13. The fourth-order valence-electron chi connectivity index (χ4n) is 2.00. The van der Waals surface area contributed by atoms with E-state index >= 15 is 0 Å². The summed E-state index contributed by atoms with van der Waals surface area (Å²) in [6.07, 6.45) is 0. The Morgan fingerprint density at radius 2 is 1.61 bits per heavy atom. The number of aryl methyl sites for hydroxylation is 1. The van der Waals surface area contributed by atoms with Crippen molar-refractivity contribution >= 4 is 28.9 Å². The van der Waals surface area contributed by atoms with Gasteiger partial charge < -0.3 is 10.6 Å². The van der Waals surface area contributed by atoms with Gasteiger partial charge in [-0.3, -0.25) is 19.7 Å². The third-order valence-corrected chi connectivity index (χ3v) is 3.13. The van der Waals surface area contributed by atoms with Crippen LogP contribution in [-0.2, 0) is 4.79 Å². The van der Waals surface area contributed by atoms with E-state index < -0.39 is 10.8 Å². The van der Waals surface area contributed by atoms with Crippen molar-refractivity contribution in [1.29, 1.82) is 0 Å². The van der Waals surface area contributed by atoms with Gasteiger partial charge in [-0.15, -0.1) is 0 Å². The van der Waals surface area contributed by atoms with Gasteiger partial charge in [0.1, 0.15) is 0 Å². The summed E-state index contributed by atoms with van der Waals surface area (Å²) in [6, 6.07) is 10.8. The average molecular weight is 313 g/mol. The molecule has 0 aliphatic carbocycles. The van der Waals surface area contributed by atoms with E-state index in [4.69, 9.17) is 0 Å². The number of amides is 2.